The van der Waals surface area contributed by atoms with Crippen molar-refractivity contribution >= 4 is 23.5 Å². The molecule has 0 bridgehead atoms. The average molecular weight is 478 g/mol. The van der Waals surface area contributed by atoms with E-state index in [9.17, 15) is 10.1 Å². The Labute approximate surface area is 202 Å². The molecule has 1 N–H and O–H groups in total. The molecule has 0 spiro atoms. The number of aromatic nitrogens is 5. The van der Waals surface area contributed by atoms with Crippen molar-refractivity contribution in [2.45, 2.75) is 63.4 Å². The zero-order chi connectivity index (χ0) is 23.7. The molecule has 176 valence electrons. The summed E-state index contributed by atoms with van der Waals surface area (Å²) in [5.74, 6) is 1.33. The number of nitriles is 1. The first-order valence-electron chi connectivity index (χ1n) is 11.6. The first-order chi connectivity index (χ1) is 16.6. The van der Waals surface area contributed by atoms with E-state index in [0.717, 1.165) is 60.1 Å². The van der Waals surface area contributed by atoms with Crippen molar-refractivity contribution in [3.8, 4) is 17.5 Å². The molecule has 1 saturated carbocycles. The minimum Gasteiger partial charge on any atom is -0.376 e. The maximum Gasteiger partial charge on any atom is 0.235 e. The number of thioether (sulfide) groups is 1. The summed E-state index contributed by atoms with van der Waals surface area (Å²) in [7, 11) is 0. The van der Waals surface area contributed by atoms with Gasteiger partial charge in [0.05, 0.1) is 24.0 Å². The fourth-order valence-corrected chi connectivity index (χ4v) is 5.18. The van der Waals surface area contributed by atoms with Gasteiger partial charge in [-0.25, -0.2) is 0 Å². The number of nitrogens with one attached hydrogen (secondary N) is 1. The Balaban J connectivity index is 1.33. The number of anilines is 1. The zero-order valence-corrected chi connectivity index (χ0v) is 20.1. The standard InChI is InChI=1S/C24H27N7O2S/c1-15-16(2)30(13-19-6-4-10-33-19)23(20(15)11-25)27-21(32)14-34-24-29-28-22(31(24)18-7-8-18)17-5-3-9-26-12-17/h3,5,9,12,18-19H,4,6-8,10,13-14H2,1-2H3,(H,27,32)/t19-/m0/s1. The van der Waals surface area contributed by atoms with Gasteiger partial charge in [0.2, 0.25) is 5.91 Å². The van der Waals surface area contributed by atoms with Crippen LogP contribution in [0.4, 0.5) is 5.82 Å². The summed E-state index contributed by atoms with van der Waals surface area (Å²) in [4.78, 5) is 17.2. The molecular formula is C24H27N7O2S. The summed E-state index contributed by atoms with van der Waals surface area (Å²) in [6.45, 7) is 5.29. The second kappa shape index (κ2) is 9.60. The topological polar surface area (TPSA) is 111 Å². The van der Waals surface area contributed by atoms with Crippen molar-refractivity contribution in [3.63, 3.8) is 0 Å². The van der Waals surface area contributed by atoms with E-state index < -0.39 is 0 Å². The van der Waals surface area contributed by atoms with Crippen molar-refractivity contribution in [2.24, 2.45) is 0 Å². The molecule has 2 aliphatic rings. The third-order valence-electron chi connectivity index (χ3n) is 6.44. The number of carbonyl (C=O) groups is 1. The fraction of sp³-hybridized carbons (Fsp3) is 0.458. The molecule has 3 aromatic heterocycles. The van der Waals surface area contributed by atoms with Crippen LogP contribution in [0.2, 0.25) is 0 Å². The van der Waals surface area contributed by atoms with Gasteiger partial charge in [-0.15, -0.1) is 10.2 Å². The monoisotopic (exact) mass is 477 g/mol. The van der Waals surface area contributed by atoms with Crippen LogP contribution in [0.25, 0.3) is 11.4 Å². The van der Waals surface area contributed by atoms with E-state index in [1.807, 2.05) is 30.5 Å². The highest BCUT2D eigenvalue weighted by Gasteiger charge is 2.31. The van der Waals surface area contributed by atoms with Gasteiger partial charge in [0, 0.05) is 36.3 Å². The van der Waals surface area contributed by atoms with Gasteiger partial charge >= 0.3 is 0 Å². The number of nitrogens with zero attached hydrogens (tertiary/aromatic N) is 6. The highest BCUT2D eigenvalue weighted by atomic mass is 32.2. The average Bonchev–Trinajstić information content (AvgIpc) is 3.30. The lowest BCUT2D eigenvalue weighted by atomic mass is 10.2. The summed E-state index contributed by atoms with van der Waals surface area (Å²) in [6, 6.07) is 6.47. The first-order valence-corrected chi connectivity index (χ1v) is 12.5. The molecular weight excluding hydrogens is 450 g/mol. The van der Waals surface area contributed by atoms with Gasteiger partial charge in [-0.3, -0.25) is 14.3 Å². The van der Waals surface area contributed by atoms with Gasteiger partial charge in [-0.05, 0) is 57.2 Å². The second-order valence-corrected chi connectivity index (χ2v) is 9.72. The molecule has 0 unspecified atom stereocenters. The van der Waals surface area contributed by atoms with Crippen LogP contribution in [-0.2, 0) is 16.1 Å². The lowest BCUT2D eigenvalue weighted by Gasteiger charge is -2.17. The Hall–Kier alpha value is -3.16. The third kappa shape index (κ3) is 4.45. The minimum absolute atomic E-state index is 0.102. The molecule has 0 radical (unpaired) electrons. The van der Waals surface area contributed by atoms with E-state index in [1.54, 1.807) is 12.4 Å². The maximum absolute atomic E-state index is 13.0. The van der Waals surface area contributed by atoms with Gasteiger partial charge in [0.1, 0.15) is 11.9 Å². The predicted molar refractivity (Wildman–Crippen MR) is 128 cm³/mol. The molecule has 5 rings (SSSR count). The summed E-state index contributed by atoms with van der Waals surface area (Å²) < 4.78 is 9.93. The van der Waals surface area contributed by atoms with Crippen LogP contribution >= 0.6 is 11.8 Å². The molecule has 9 nitrogen and oxygen atoms in total. The molecule has 1 atom stereocenters. The molecule has 34 heavy (non-hydrogen) atoms. The van der Waals surface area contributed by atoms with Crippen LogP contribution in [0.15, 0.2) is 29.7 Å². The Morgan fingerprint density at radius 1 is 1.32 bits per heavy atom. The number of hydrogen-bond acceptors (Lipinski definition) is 7. The molecule has 1 amide bonds. The molecule has 1 saturated heterocycles. The Morgan fingerprint density at radius 2 is 2.18 bits per heavy atom. The number of carbonyl (C=O) groups excluding carboxylic acids is 1. The van der Waals surface area contributed by atoms with Crippen molar-refractivity contribution in [1.82, 2.24) is 24.3 Å². The number of rotatable bonds is 8. The quantitative estimate of drug-likeness (QED) is 0.490. The fourth-order valence-electron chi connectivity index (χ4n) is 4.38. The van der Waals surface area contributed by atoms with Gasteiger partial charge in [-0.1, -0.05) is 11.8 Å². The minimum atomic E-state index is -0.180. The highest BCUT2D eigenvalue weighted by Crippen LogP contribution is 2.41. The second-order valence-electron chi connectivity index (χ2n) is 8.78. The highest BCUT2D eigenvalue weighted by molar-refractivity contribution is 7.99. The number of amides is 1. The third-order valence-corrected chi connectivity index (χ3v) is 7.38. The Kier molecular flexibility index (Phi) is 6.39. The van der Waals surface area contributed by atoms with Gasteiger partial charge in [0.15, 0.2) is 11.0 Å². The van der Waals surface area contributed by atoms with Gasteiger partial charge in [-0.2, -0.15) is 5.26 Å². The molecule has 2 fully saturated rings. The normalized spacial score (nSPS) is 17.6. The molecule has 1 aliphatic carbocycles. The van der Waals surface area contributed by atoms with Crippen LogP contribution in [0.1, 0.15) is 48.5 Å². The van der Waals surface area contributed by atoms with E-state index in [0.29, 0.717) is 24.0 Å². The van der Waals surface area contributed by atoms with Crippen molar-refractivity contribution in [1.29, 1.82) is 5.26 Å². The first kappa shape index (κ1) is 22.6. The lowest BCUT2D eigenvalue weighted by molar-refractivity contribution is -0.113. The van der Waals surface area contributed by atoms with Crippen LogP contribution in [0.5, 0.6) is 0 Å². The van der Waals surface area contributed by atoms with Crippen molar-refractivity contribution in [3.05, 3.63) is 41.3 Å². The lowest BCUT2D eigenvalue weighted by Crippen LogP contribution is -2.22. The molecule has 3 aromatic rings. The summed E-state index contributed by atoms with van der Waals surface area (Å²) in [5, 5.41) is 22.2. The molecule has 4 heterocycles. The van der Waals surface area contributed by atoms with Gasteiger partial charge in [0.25, 0.3) is 0 Å². The van der Waals surface area contributed by atoms with E-state index in [-0.39, 0.29) is 17.8 Å². The maximum atomic E-state index is 13.0. The molecule has 10 heteroatoms. The Morgan fingerprint density at radius 3 is 2.85 bits per heavy atom. The molecule has 0 aromatic carbocycles. The predicted octanol–water partition coefficient (Wildman–Crippen LogP) is 3.87. The van der Waals surface area contributed by atoms with E-state index in [1.165, 1.54) is 11.8 Å². The summed E-state index contributed by atoms with van der Waals surface area (Å²) in [5.41, 5.74) is 3.28. The van der Waals surface area contributed by atoms with Crippen LogP contribution in [0, 0.1) is 25.2 Å². The Bertz CT molecular complexity index is 1230. The number of hydrogen-bond donors (Lipinski definition) is 1. The van der Waals surface area contributed by atoms with E-state index in [4.69, 9.17) is 4.74 Å². The number of ether oxygens (including phenoxy) is 1. The summed E-state index contributed by atoms with van der Waals surface area (Å²) in [6.07, 6.45) is 7.78. The van der Waals surface area contributed by atoms with E-state index in [2.05, 4.69) is 31.1 Å². The summed E-state index contributed by atoms with van der Waals surface area (Å²) >= 11 is 1.36. The van der Waals surface area contributed by atoms with Crippen LogP contribution in [-0.4, -0.2) is 48.7 Å². The SMILES string of the molecule is Cc1c(C#N)c(NC(=O)CSc2nnc(-c3cccnc3)n2C2CC2)n(C[C@@H]2CCCO2)c1C. The number of pyridine rings is 1. The largest absolute Gasteiger partial charge is 0.376 e. The smallest absolute Gasteiger partial charge is 0.235 e. The zero-order valence-electron chi connectivity index (χ0n) is 19.3. The van der Waals surface area contributed by atoms with E-state index >= 15 is 0 Å². The van der Waals surface area contributed by atoms with Crippen LogP contribution in [0.3, 0.4) is 0 Å². The van der Waals surface area contributed by atoms with Crippen molar-refractivity contribution in [2.75, 3.05) is 17.7 Å². The van der Waals surface area contributed by atoms with Crippen LogP contribution < -0.4 is 5.32 Å². The molecule has 1 aliphatic heterocycles. The van der Waals surface area contributed by atoms with Gasteiger partial charge < -0.3 is 14.6 Å². The van der Waals surface area contributed by atoms with Crippen molar-refractivity contribution < 1.29 is 9.53 Å².